The van der Waals surface area contributed by atoms with Gasteiger partial charge in [-0.25, -0.2) is 13.8 Å². The summed E-state index contributed by atoms with van der Waals surface area (Å²) in [6.45, 7) is 0. The van der Waals surface area contributed by atoms with Crippen molar-refractivity contribution in [1.29, 1.82) is 10.5 Å². The van der Waals surface area contributed by atoms with Gasteiger partial charge in [-0.2, -0.15) is 10.5 Å². The fraction of sp³-hybridized carbons (Fsp3) is 0.222. The average Bonchev–Trinajstić information content (AvgIpc) is 2.21. The Labute approximate surface area is 84.0 Å². The van der Waals surface area contributed by atoms with Gasteiger partial charge in [0.05, 0.1) is 12.5 Å². The zero-order valence-corrected chi connectivity index (χ0v) is 7.41. The van der Waals surface area contributed by atoms with Gasteiger partial charge in [0.15, 0.2) is 11.4 Å². The third-order valence-electron chi connectivity index (χ3n) is 1.69. The molecular formula is C9H5F2N3O. The summed E-state index contributed by atoms with van der Waals surface area (Å²) in [6.07, 6.45) is -3.09. The number of pyridine rings is 1. The molecule has 6 heteroatoms. The van der Waals surface area contributed by atoms with Crippen LogP contribution in [0.15, 0.2) is 6.07 Å². The van der Waals surface area contributed by atoms with E-state index in [0.29, 0.717) is 0 Å². The summed E-state index contributed by atoms with van der Waals surface area (Å²) in [4.78, 5) is 3.26. The second kappa shape index (κ2) is 4.34. The van der Waals surface area contributed by atoms with Crippen LogP contribution in [0.2, 0.25) is 0 Å². The SMILES string of the molecule is N#CCc1cc(C(F)F)nc(C#N)c1O. The van der Waals surface area contributed by atoms with Crippen LogP contribution in [0.4, 0.5) is 8.78 Å². The van der Waals surface area contributed by atoms with Crippen molar-refractivity contribution in [2.45, 2.75) is 12.8 Å². The van der Waals surface area contributed by atoms with Gasteiger partial charge in [0.25, 0.3) is 6.43 Å². The lowest BCUT2D eigenvalue weighted by molar-refractivity contribution is 0.145. The van der Waals surface area contributed by atoms with Gasteiger partial charge in [-0.3, -0.25) is 0 Å². The first kappa shape index (κ1) is 10.9. The van der Waals surface area contributed by atoms with Gasteiger partial charge in [0.1, 0.15) is 11.8 Å². The maximum Gasteiger partial charge on any atom is 0.280 e. The first-order valence-electron chi connectivity index (χ1n) is 3.88. The highest BCUT2D eigenvalue weighted by Crippen LogP contribution is 2.26. The van der Waals surface area contributed by atoms with Gasteiger partial charge in [-0.1, -0.05) is 0 Å². The summed E-state index contributed by atoms with van der Waals surface area (Å²) in [5.41, 5.74) is -1.12. The van der Waals surface area contributed by atoms with Crippen molar-refractivity contribution in [1.82, 2.24) is 4.98 Å². The zero-order valence-electron chi connectivity index (χ0n) is 7.41. The molecular weight excluding hydrogens is 204 g/mol. The van der Waals surface area contributed by atoms with Gasteiger partial charge in [0, 0.05) is 5.56 Å². The minimum Gasteiger partial charge on any atom is -0.505 e. The Balaban J connectivity index is 3.34. The Morgan fingerprint density at radius 2 is 2.13 bits per heavy atom. The third kappa shape index (κ3) is 2.18. The van der Waals surface area contributed by atoms with Crippen LogP contribution in [0.3, 0.4) is 0 Å². The molecule has 0 aromatic carbocycles. The Morgan fingerprint density at radius 1 is 1.47 bits per heavy atom. The topological polar surface area (TPSA) is 80.7 Å². The van der Waals surface area contributed by atoms with Gasteiger partial charge in [0.2, 0.25) is 0 Å². The lowest BCUT2D eigenvalue weighted by Gasteiger charge is -2.05. The number of hydrogen-bond acceptors (Lipinski definition) is 4. The molecule has 4 nitrogen and oxygen atoms in total. The van der Waals surface area contributed by atoms with Gasteiger partial charge in [-0.05, 0) is 6.07 Å². The molecule has 1 rings (SSSR count). The van der Waals surface area contributed by atoms with Crippen molar-refractivity contribution < 1.29 is 13.9 Å². The van der Waals surface area contributed by atoms with E-state index < -0.39 is 23.6 Å². The molecule has 0 saturated heterocycles. The van der Waals surface area contributed by atoms with Crippen molar-refractivity contribution in [2.75, 3.05) is 0 Å². The third-order valence-corrected chi connectivity index (χ3v) is 1.69. The fourth-order valence-corrected chi connectivity index (χ4v) is 1.02. The molecule has 0 atom stereocenters. The molecule has 1 N–H and O–H groups in total. The maximum absolute atomic E-state index is 12.3. The summed E-state index contributed by atoms with van der Waals surface area (Å²) in [5.74, 6) is -0.511. The highest BCUT2D eigenvalue weighted by molar-refractivity contribution is 5.45. The summed E-state index contributed by atoms with van der Waals surface area (Å²) < 4.78 is 24.6. The van der Waals surface area contributed by atoms with Crippen LogP contribution in [0.1, 0.15) is 23.4 Å². The Hall–Kier alpha value is -2.21. The lowest BCUT2D eigenvalue weighted by atomic mass is 10.1. The van der Waals surface area contributed by atoms with E-state index in [9.17, 15) is 13.9 Å². The predicted molar refractivity (Wildman–Crippen MR) is 44.9 cm³/mol. The van der Waals surface area contributed by atoms with E-state index in [1.807, 2.05) is 0 Å². The normalized spacial score (nSPS) is 9.67. The van der Waals surface area contributed by atoms with Gasteiger partial charge in [-0.15, -0.1) is 0 Å². The van der Waals surface area contributed by atoms with Crippen LogP contribution in [0, 0.1) is 22.7 Å². The van der Waals surface area contributed by atoms with Crippen molar-refractivity contribution in [3.05, 3.63) is 23.0 Å². The molecule has 0 spiro atoms. The molecule has 1 aromatic heterocycles. The standard InChI is InChI=1S/C9H5F2N3O/c10-9(11)6-3-5(1-2-12)8(15)7(4-13)14-6/h3,9,15H,1H2. The van der Waals surface area contributed by atoms with Crippen molar-refractivity contribution >= 4 is 0 Å². The molecule has 1 aromatic rings. The molecule has 0 saturated carbocycles. The Kier molecular flexibility index (Phi) is 3.14. The highest BCUT2D eigenvalue weighted by atomic mass is 19.3. The van der Waals surface area contributed by atoms with Crippen molar-refractivity contribution in [3.8, 4) is 17.9 Å². The molecule has 0 amide bonds. The maximum atomic E-state index is 12.3. The molecule has 0 unspecified atom stereocenters. The number of alkyl halides is 2. The Morgan fingerprint density at radius 3 is 2.60 bits per heavy atom. The van der Waals surface area contributed by atoms with Crippen LogP contribution in [0.25, 0.3) is 0 Å². The number of halogens is 2. The van der Waals surface area contributed by atoms with Crippen molar-refractivity contribution in [3.63, 3.8) is 0 Å². The first-order chi connectivity index (χ1) is 7.10. The van der Waals surface area contributed by atoms with E-state index in [1.165, 1.54) is 6.07 Å². The molecule has 0 aliphatic heterocycles. The van der Waals surface area contributed by atoms with Crippen LogP contribution in [-0.2, 0) is 6.42 Å². The predicted octanol–water partition coefficient (Wildman–Crippen LogP) is 1.66. The first-order valence-corrected chi connectivity index (χ1v) is 3.88. The second-order valence-electron chi connectivity index (χ2n) is 2.65. The summed E-state index contributed by atoms with van der Waals surface area (Å²) in [5, 5.41) is 26.2. The molecule has 1 heterocycles. The van der Waals surface area contributed by atoms with E-state index >= 15 is 0 Å². The summed E-state index contributed by atoms with van der Waals surface area (Å²) >= 11 is 0. The largest absolute Gasteiger partial charge is 0.505 e. The smallest absolute Gasteiger partial charge is 0.280 e. The Bertz CT molecular complexity index is 460. The molecule has 0 radical (unpaired) electrons. The molecule has 0 bridgehead atoms. The van der Waals surface area contributed by atoms with E-state index in [4.69, 9.17) is 10.5 Å². The zero-order chi connectivity index (χ0) is 11.4. The molecule has 76 valence electrons. The van der Waals surface area contributed by atoms with E-state index in [0.717, 1.165) is 6.07 Å². The monoisotopic (exact) mass is 209 g/mol. The van der Waals surface area contributed by atoms with E-state index in [1.54, 1.807) is 6.07 Å². The lowest BCUT2D eigenvalue weighted by Crippen LogP contribution is -1.98. The summed E-state index contributed by atoms with van der Waals surface area (Å²) in [6, 6.07) is 4.11. The minimum atomic E-state index is -2.84. The minimum absolute atomic E-state index is 0.0145. The molecule has 15 heavy (non-hydrogen) atoms. The number of nitrogens with zero attached hydrogens (tertiary/aromatic N) is 3. The van der Waals surface area contributed by atoms with Crippen LogP contribution in [0.5, 0.6) is 5.75 Å². The fourth-order valence-electron chi connectivity index (χ4n) is 1.02. The molecule has 0 aliphatic rings. The van der Waals surface area contributed by atoms with E-state index in [2.05, 4.69) is 4.98 Å². The second-order valence-corrected chi connectivity index (χ2v) is 2.65. The van der Waals surface area contributed by atoms with Gasteiger partial charge < -0.3 is 5.11 Å². The van der Waals surface area contributed by atoms with Crippen molar-refractivity contribution in [2.24, 2.45) is 0 Å². The van der Waals surface area contributed by atoms with Crippen LogP contribution < -0.4 is 0 Å². The summed E-state index contributed by atoms with van der Waals surface area (Å²) in [7, 11) is 0. The number of nitriles is 2. The number of aromatic hydroxyl groups is 1. The number of aromatic nitrogens is 1. The quantitative estimate of drug-likeness (QED) is 0.803. The van der Waals surface area contributed by atoms with Crippen LogP contribution >= 0.6 is 0 Å². The highest BCUT2D eigenvalue weighted by Gasteiger charge is 2.16. The molecule has 0 fully saturated rings. The van der Waals surface area contributed by atoms with E-state index in [-0.39, 0.29) is 12.0 Å². The number of hydrogen-bond donors (Lipinski definition) is 1. The average molecular weight is 209 g/mol. The number of rotatable bonds is 2. The van der Waals surface area contributed by atoms with Gasteiger partial charge >= 0.3 is 0 Å². The molecule has 0 aliphatic carbocycles. The van der Waals surface area contributed by atoms with Crippen LogP contribution in [-0.4, -0.2) is 10.1 Å².